The van der Waals surface area contributed by atoms with Gasteiger partial charge in [-0.3, -0.25) is 0 Å². The largest absolute Gasteiger partial charge is 0.422 e. The Labute approximate surface area is 126 Å². The summed E-state index contributed by atoms with van der Waals surface area (Å²) in [6.45, 7) is 4.05. The average molecular weight is 290 g/mol. The minimum atomic E-state index is -0.356. The molecule has 4 heteroatoms. The summed E-state index contributed by atoms with van der Waals surface area (Å²) in [6.07, 6.45) is 1.57. The highest BCUT2D eigenvalue weighted by Crippen LogP contribution is 2.26. The zero-order valence-electron chi connectivity index (χ0n) is 12.3. The van der Waals surface area contributed by atoms with Crippen molar-refractivity contribution in [1.29, 1.82) is 0 Å². The maximum absolute atomic E-state index is 12.2. The number of aryl methyl sites for hydroxylation is 2. The predicted octanol–water partition coefficient (Wildman–Crippen LogP) is 3.75. The van der Waals surface area contributed by atoms with Crippen LogP contribution < -0.4 is 5.63 Å². The second-order valence-electron chi connectivity index (χ2n) is 5.55. The Kier molecular flexibility index (Phi) is 2.66. The van der Waals surface area contributed by atoms with E-state index in [0.717, 1.165) is 27.7 Å². The van der Waals surface area contributed by atoms with E-state index in [9.17, 15) is 4.79 Å². The predicted molar refractivity (Wildman–Crippen MR) is 86.6 cm³/mol. The van der Waals surface area contributed by atoms with Crippen molar-refractivity contribution < 1.29 is 4.42 Å². The van der Waals surface area contributed by atoms with Gasteiger partial charge in [0.05, 0.1) is 17.4 Å². The quantitative estimate of drug-likeness (QED) is 0.502. The third-order valence-corrected chi connectivity index (χ3v) is 3.83. The van der Waals surface area contributed by atoms with Crippen LogP contribution in [0.25, 0.3) is 27.6 Å². The first-order valence-corrected chi connectivity index (χ1v) is 7.12. The van der Waals surface area contributed by atoms with E-state index in [2.05, 4.69) is 5.10 Å². The first-order chi connectivity index (χ1) is 10.6. The van der Waals surface area contributed by atoms with Gasteiger partial charge in [0.25, 0.3) is 0 Å². The molecule has 0 amide bonds. The number of hydrogen-bond acceptors (Lipinski definition) is 3. The lowest BCUT2D eigenvalue weighted by Gasteiger charge is -2.07. The lowest BCUT2D eigenvalue weighted by atomic mass is 10.1. The highest BCUT2D eigenvalue weighted by Gasteiger charge is 2.14. The van der Waals surface area contributed by atoms with E-state index in [-0.39, 0.29) is 5.63 Å². The van der Waals surface area contributed by atoms with Gasteiger partial charge in [-0.1, -0.05) is 23.8 Å². The fraction of sp³-hybridized carbons (Fsp3) is 0.111. The smallest absolute Gasteiger partial charge is 0.347 e. The van der Waals surface area contributed by atoms with E-state index in [0.29, 0.717) is 11.0 Å². The minimum absolute atomic E-state index is 0.356. The van der Waals surface area contributed by atoms with Gasteiger partial charge in [0, 0.05) is 5.39 Å². The third-order valence-electron chi connectivity index (χ3n) is 3.83. The van der Waals surface area contributed by atoms with Crippen LogP contribution in [0.15, 0.2) is 57.9 Å². The van der Waals surface area contributed by atoms with Crippen molar-refractivity contribution in [3.05, 3.63) is 70.2 Å². The van der Waals surface area contributed by atoms with Crippen LogP contribution >= 0.6 is 0 Å². The van der Waals surface area contributed by atoms with E-state index >= 15 is 0 Å². The van der Waals surface area contributed by atoms with Crippen LogP contribution in [0, 0.1) is 13.8 Å². The highest BCUT2D eigenvalue weighted by molar-refractivity contribution is 6.02. The molecule has 0 atom stereocenters. The second-order valence-corrected chi connectivity index (χ2v) is 5.55. The summed E-state index contributed by atoms with van der Waals surface area (Å²) in [6, 6.07) is 13.8. The van der Waals surface area contributed by atoms with Crippen molar-refractivity contribution >= 4 is 21.9 Å². The van der Waals surface area contributed by atoms with E-state index < -0.39 is 0 Å². The molecule has 108 valence electrons. The number of fused-ring (bicyclic) bond motifs is 3. The summed E-state index contributed by atoms with van der Waals surface area (Å²) in [5.74, 6) is 0. The van der Waals surface area contributed by atoms with Crippen LogP contribution in [0.5, 0.6) is 0 Å². The highest BCUT2D eigenvalue weighted by atomic mass is 16.4. The summed E-state index contributed by atoms with van der Waals surface area (Å²) in [5, 5.41) is 5.80. The molecule has 2 aromatic heterocycles. The Morgan fingerprint density at radius 1 is 1.00 bits per heavy atom. The molecular formula is C18H14N2O2. The number of aromatic nitrogens is 2. The van der Waals surface area contributed by atoms with Crippen molar-refractivity contribution in [2.45, 2.75) is 13.8 Å². The second kappa shape index (κ2) is 4.56. The molecule has 2 heterocycles. The standard InChI is InChI=1S/C18H14N2O2/c1-11-4-3-5-13(8-11)20-17-14-9-12(2)6-7-16(14)22-18(21)15(17)10-19-20/h3-10H,1-2H3. The van der Waals surface area contributed by atoms with E-state index in [1.807, 2.05) is 56.3 Å². The van der Waals surface area contributed by atoms with Crippen LogP contribution in [-0.2, 0) is 0 Å². The lowest BCUT2D eigenvalue weighted by Crippen LogP contribution is -2.02. The molecule has 0 aliphatic rings. The molecule has 0 unspecified atom stereocenters. The molecule has 22 heavy (non-hydrogen) atoms. The first kappa shape index (κ1) is 12.8. The van der Waals surface area contributed by atoms with Gasteiger partial charge in [0.15, 0.2) is 0 Å². The molecule has 0 saturated heterocycles. The third kappa shape index (κ3) is 1.84. The van der Waals surface area contributed by atoms with Gasteiger partial charge < -0.3 is 4.42 Å². The van der Waals surface area contributed by atoms with E-state index in [1.54, 1.807) is 10.9 Å². The zero-order valence-corrected chi connectivity index (χ0v) is 12.3. The van der Waals surface area contributed by atoms with Gasteiger partial charge in [0.2, 0.25) is 0 Å². The summed E-state index contributed by atoms with van der Waals surface area (Å²) in [4.78, 5) is 12.2. The number of benzene rings is 2. The number of nitrogens with zero attached hydrogens (tertiary/aromatic N) is 2. The molecule has 0 N–H and O–H groups in total. The molecular weight excluding hydrogens is 276 g/mol. The van der Waals surface area contributed by atoms with Crippen molar-refractivity contribution in [1.82, 2.24) is 9.78 Å². The molecule has 4 rings (SSSR count). The van der Waals surface area contributed by atoms with Crippen molar-refractivity contribution in [3.8, 4) is 5.69 Å². The van der Waals surface area contributed by atoms with Gasteiger partial charge in [-0.25, -0.2) is 9.48 Å². The number of hydrogen-bond donors (Lipinski definition) is 0. The number of rotatable bonds is 1. The monoisotopic (exact) mass is 290 g/mol. The topological polar surface area (TPSA) is 48.0 Å². The molecule has 0 aliphatic heterocycles. The van der Waals surface area contributed by atoms with Crippen molar-refractivity contribution in [2.75, 3.05) is 0 Å². The lowest BCUT2D eigenvalue weighted by molar-refractivity contribution is 0.569. The SMILES string of the molecule is Cc1cccc(-n2ncc3c(=O)oc4ccc(C)cc4c32)c1. The Balaban J connectivity index is 2.19. The van der Waals surface area contributed by atoms with Gasteiger partial charge in [-0.15, -0.1) is 0 Å². The fourth-order valence-electron chi connectivity index (χ4n) is 2.79. The molecule has 0 bridgehead atoms. The van der Waals surface area contributed by atoms with Gasteiger partial charge in [0.1, 0.15) is 11.0 Å². The first-order valence-electron chi connectivity index (χ1n) is 7.12. The van der Waals surface area contributed by atoms with Crippen LogP contribution in [0.4, 0.5) is 0 Å². The Morgan fingerprint density at radius 3 is 2.64 bits per heavy atom. The molecule has 0 saturated carbocycles. The van der Waals surface area contributed by atoms with Crippen molar-refractivity contribution in [3.63, 3.8) is 0 Å². The fourth-order valence-corrected chi connectivity index (χ4v) is 2.79. The van der Waals surface area contributed by atoms with Crippen LogP contribution in [0.1, 0.15) is 11.1 Å². The summed E-state index contributed by atoms with van der Waals surface area (Å²) >= 11 is 0. The van der Waals surface area contributed by atoms with Gasteiger partial charge in [-0.2, -0.15) is 5.10 Å². The van der Waals surface area contributed by atoms with Gasteiger partial charge in [-0.05, 0) is 43.7 Å². The normalized spacial score (nSPS) is 11.4. The maximum Gasteiger partial charge on any atom is 0.347 e. The Bertz CT molecular complexity index is 1070. The van der Waals surface area contributed by atoms with Crippen LogP contribution in [-0.4, -0.2) is 9.78 Å². The molecule has 0 radical (unpaired) electrons. The van der Waals surface area contributed by atoms with Crippen LogP contribution in [0.2, 0.25) is 0 Å². The molecule has 0 aliphatic carbocycles. The van der Waals surface area contributed by atoms with Crippen molar-refractivity contribution in [2.24, 2.45) is 0 Å². The average Bonchev–Trinajstić information content (AvgIpc) is 2.94. The van der Waals surface area contributed by atoms with Crippen LogP contribution in [0.3, 0.4) is 0 Å². The summed E-state index contributed by atoms with van der Waals surface area (Å²) in [7, 11) is 0. The minimum Gasteiger partial charge on any atom is -0.422 e. The summed E-state index contributed by atoms with van der Waals surface area (Å²) in [5.41, 5.74) is 4.20. The van der Waals surface area contributed by atoms with Gasteiger partial charge >= 0.3 is 5.63 Å². The maximum atomic E-state index is 12.2. The molecule has 0 spiro atoms. The molecule has 4 aromatic rings. The molecule has 4 nitrogen and oxygen atoms in total. The van der Waals surface area contributed by atoms with E-state index in [1.165, 1.54) is 0 Å². The zero-order chi connectivity index (χ0) is 15.3. The summed E-state index contributed by atoms with van der Waals surface area (Å²) < 4.78 is 7.20. The Morgan fingerprint density at radius 2 is 1.82 bits per heavy atom. The molecule has 2 aromatic carbocycles. The molecule has 0 fully saturated rings. The van der Waals surface area contributed by atoms with E-state index in [4.69, 9.17) is 4.42 Å². The Hall–Kier alpha value is -2.88.